The Morgan fingerprint density at radius 3 is 2.67 bits per heavy atom. The van der Waals surface area contributed by atoms with Gasteiger partial charge in [0.05, 0.1) is 12.7 Å². The van der Waals surface area contributed by atoms with Crippen LogP contribution in [0.3, 0.4) is 0 Å². The van der Waals surface area contributed by atoms with Gasteiger partial charge in [-0.25, -0.2) is 4.79 Å². The summed E-state index contributed by atoms with van der Waals surface area (Å²) < 4.78 is 4.60. The molecule has 0 saturated heterocycles. The summed E-state index contributed by atoms with van der Waals surface area (Å²) in [6, 6.07) is 0. The average molecular weight is 134 g/mol. The van der Waals surface area contributed by atoms with E-state index in [0.717, 1.165) is 0 Å². The molecule has 4 nitrogen and oxygen atoms in total. The Morgan fingerprint density at radius 1 is 1.78 bits per heavy atom. The number of hydrogen-bond acceptors (Lipinski definition) is 3. The molecule has 0 aromatic carbocycles. The lowest BCUT2D eigenvalue weighted by atomic mass is 10.4. The fraction of sp³-hybridized carbons (Fsp3) is 0.800. The van der Waals surface area contributed by atoms with Crippen LogP contribution in [-0.2, 0) is 9.53 Å². The minimum absolute atomic E-state index is 0.146. The fourth-order valence-electron chi connectivity index (χ4n) is 0.266. The second-order valence-corrected chi connectivity index (χ2v) is 1.70. The zero-order valence-electron chi connectivity index (χ0n) is 5.20. The van der Waals surface area contributed by atoms with Gasteiger partial charge in [-0.05, 0) is 6.92 Å². The van der Waals surface area contributed by atoms with Gasteiger partial charge < -0.3 is 14.9 Å². The third kappa shape index (κ3) is 5.26. The van der Waals surface area contributed by atoms with E-state index < -0.39 is 5.97 Å². The molecular formula is C5H10O4. The molecule has 0 fully saturated rings. The Kier molecular flexibility index (Phi) is 4.00. The lowest BCUT2D eigenvalue weighted by molar-refractivity contribution is -0.144. The van der Waals surface area contributed by atoms with E-state index in [2.05, 4.69) is 4.74 Å². The lowest BCUT2D eigenvalue weighted by Crippen LogP contribution is -2.17. The van der Waals surface area contributed by atoms with Crippen LogP contribution < -0.4 is 0 Å². The number of aliphatic carboxylic acids is 1. The van der Waals surface area contributed by atoms with E-state index in [1.165, 1.54) is 0 Å². The van der Waals surface area contributed by atoms with Crippen molar-refractivity contribution in [1.82, 2.24) is 0 Å². The lowest BCUT2D eigenvalue weighted by Gasteiger charge is -2.05. The summed E-state index contributed by atoms with van der Waals surface area (Å²) in [5, 5.41) is 16.4. The van der Waals surface area contributed by atoms with Crippen LogP contribution in [0.25, 0.3) is 0 Å². The smallest absolute Gasteiger partial charge is 0.329 e. The van der Waals surface area contributed by atoms with Gasteiger partial charge >= 0.3 is 5.97 Å². The quantitative estimate of drug-likeness (QED) is 0.542. The van der Waals surface area contributed by atoms with Gasteiger partial charge in [0.25, 0.3) is 0 Å². The van der Waals surface area contributed by atoms with Crippen LogP contribution in [0.15, 0.2) is 0 Å². The average Bonchev–Trinajstić information content (AvgIpc) is 1.83. The molecule has 0 spiro atoms. The molecule has 0 aliphatic rings. The molecule has 0 bridgehead atoms. The molecule has 4 heteroatoms. The van der Waals surface area contributed by atoms with Crippen molar-refractivity contribution in [2.45, 2.75) is 13.0 Å². The van der Waals surface area contributed by atoms with Crippen molar-refractivity contribution in [2.75, 3.05) is 13.2 Å². The van der Waals surface area contributed by atoms with Gasteiger partial charge in [-0.15, -0.1) is 0 Å². The van der Waals surface area contributed by atoms with Crippen molar-refractivity contribution in [2.24, 2.45) is 0 Å². The normalized spacial score (nSPS) is 13.1. The maximum absolute atomic E-state index is 9.81. The Bertz CT molecular complexity index is 91.0. The van der Waals surface area contributed by atoms with Gasteiger partial charge in [0.1, 0.15) is 6.61 Å². The molecular weight excluding hydrogens is 124 g/mol. The molecule has 0 amide bonds. The summed E-state index contributed by atoms with van der Waals surface area (Å²) >= 11 is 0. The van der Waals surface area contributed by atoms with Crippen LogP contribution in [0, 0.1) is 0 Å². The Balaban J connectivity index is 3.16. The molecule has 2 N–H and O–H groups in total. The largest absolute Gasteiger partial charge is 0.480 e. The maximum Gasteiger partial charge on any atom is 0.329 e. The molecule has 0 saturated carbocycles. The van der Waals surface area contributed by atoms with Gasteiger partial charge in [0.15, 0.2) is 0 Å². The van der Waals surface area contributed by atoms with Gasteiger partial charge in [-0.3, -0.25) is 0 Å². The van der Waals surface area contributed by atoms with Crippen LogP contribution in [-0.4, -0.2) is 35.5 Å². The summed E-state index contributed by atoms with van der Waals surface area (Å²) in [5.41, 5.74) is 0. The minimum atomic E-state index is -1.02. The molecule has 0 aliphatic heterocycles. The number of carbonyl (C=O) groups is 1. The van der Waals surface area contributed by atoms with E-state index in [4.69, 9.17) is 10.2 Å². The fourth-order valence-corrected chi connectivity index (χ4v) is 0.266. The second-order valence-electron chi connectivity index (χ2n) is 1.70. The van der Waals surface area contributed by atoms with Gasteiger partial charge in [0, 0.05) is 0 Å². The highest BCUT2D eigenvalue weighted by Crippen LogP contribution is 1.86. The van der Waals surface area contributed by atoms with E-state index >= 15 is 0 Å². The van der Waals surface area contributed by atoms with Crippen LogP contribution in [0.4, 0.5) is 0 Å². The predicted octanol–water partition coefficient (Wildman–Crippen LogP) is -0.532. The Hall–Kier alpha value is -0.610. The first-order valence-electron chi connectivity index (χ1n) is 2.61. The molecule has 9 heavy (non-hydrogen) atoms. The monoisotopic (exact) mass is 134 g/mol. The number of hydrogen-bond donors (Lipinski definition) is 2. The van der Waals surface area contributed by atoms with E-state index in [-0.39, 0.29) is 19.3 Å². The summed E-state index contributed by atoms with van der Waals surface area (Å²) in [6.07, 6.45) is -0.388. The Labute approximate surface area is 53.1 Å². The van der Waals surface area contributed by atoms with E-state index in [0.29, 0.717) is 0 Å². The summed E-state index contributed by atoms with van der Waals surface area (Å²) in [5.74, 6) is -1.02. The SMILES string of the molecule is CC(CO)OCC(=O)O. The molecule has 0 rings (SSSR count). The molecule has 0 aromatic rings. The van der Waals surface area contributed by atoms with Crippen molar-refractivity contribution < 1.29 is 19.7 Å². The first kappa shape index (κ1) is 8.39. The highest BCUT2D eigenvalue weighted by atomic mass is 16.5. The molecule has 0 radical (unpaired) electrons. The zero-order chi connectivity index (χ0) is 7.28. The van der Waals surface area contributed by atoms with Crippen molar-refractivity contribution in [1.29, 1.82) is 0 Å². The van der Waals surface area contributed by atoms with Crippen LogP contribution >= 0.6 is 0 Å². The molecule has 0 aromatic heterocycles. The van der Waals surface area contributed by atoms with Crippen LogP contribution in [0.2, 0.25) is 0 Å². The molecule has 1 atom stereocenters. The van der Waals surface area contributed by atoms with Gasteiger partial charge in [0.2, 0.25) is 0 Å². The number of aliphatic hydroxyl groups excluding tert-OH is 1. The Morgan fingerprint density at radius 2 is 2.33 bits per heavy atom. The maximum atomic E-state index is 9.81. The van der Waals surface area contributed by atoms with E-state index in [9.17, 15) is 4.79 Å². The van der Waals surface area contributed by atoms with Crippen LogP contribution in [0.5, 0.6) is 0 Å². The number of carboxylic acids is 1. The van der Waals surface area contributed by atoms with Crippen molar-refractivity contribution >= 4 is 5.97 Å². The van der Waals surface area contributed by atoms with Gasteiger partial charge in [-0.1, -0.05) is 0 Å². The summed E-state index contributed by atoms with van der Waals surface area (Å²) in [4.78, 5) is 9.81. The third-order valence-electron chi connectivity index (χ3n) is 0.748. The number of rotatable bonds is 4. The minimum Gasteiger partial charge on any atom is -0.480 e. The topological polar surface area (TPSA) is 66.8 Å². The predicted molar refractivity (Wildman–Crippen MR) is 30.1 cm³/mol. The zero-order valence-corrected chi connectivity index (χ0v) is 5.20. The molecule has 1 unspecified atom stereocenters. The number of ether oxygens (including phenoxy) is 1. The third-order valence-corrected chi connectivity index (χ3v) is 0.748. The molecule has 54 valence electrons. The number of aliphatic hydroxyl groups is 1. The second kappa shape index (κ2) is 4.29. The highest BCUT2D eigenvalue weighted by molar-refractivity contribution is 5.68. The first-order valence-corrected chi connectivity index (χ1v) is 2.61. The molecule has 0 aliphatic carbocycles. The van der Waals surface area contributed by atoms with Crippen molar-refractivity contribution in [3.05, 3.63) is 0 Å². The summed E-state index contributed by atoms with van der Waals surface area (Å²) in [7, 11) is 0. The van der Waals surface area contributed by atoms with Crippen LogP contribution in [0.1, 0.15) is 6.92 Å². The van der Waals surface area contributed by atoms with Crippen molar-refractivity contribution in [3.8, 4) is 0 Å². The van der Waals surface area contributed by atoms with E-state index in [1.54, 1.807) is 6.92 Å². The van der Waals surface area contributed by atoms with Gasteiger partial charge in [-0.2, -0.15) is 0 Å². The standard InChI is InChI=1S/C5H10O4/c1-4(2-6)9-3-5(7)8/h4,6H,2-3H2,1H3,(H,7,8). The highest BCUT2D eigenvalue weighted by Gasteiger charge is 2.01. The number of carboxylic acid groups (broad SMARTS) is 1. The van der Waals surface area contributed by atoms with E-state index in [1.807, 2.05) is 0 Å². The van der Waals surface area contributed by atoms with Crippen molar-refractivity contribution in [3.63, 3.8) is 0 Å². The summed E-state index contributed by atoms with van der Waals surface area (Å²) in [6.45, 7) is 1.11. The first-order chi connectivity index (χ1) is 4.16. The molecule has 0 heterocycles.